The van der Waals surface area contributed by atoms with E-state index in [1.807, 2.05) is 0 Å². The summed E-state index contributed by atoms with van der Waals surface area (Å²) in [6.45, 7) is 0. The van der Waals surface area contributed by atoms with Gasteiger partial charge in [-0.25, -0.2) is 0 Å². The van der Waals surface area contributed by atoms with E-state index in [0.29, 0.717) is 6.42 Å². The van der Waals surface area contributed by atoms with Gasteiger partial charge in [-0.05, 0) is 25.7 Å². The summed E-state index contributed by atoms with van der Waals surface area (Å²) in [5.41, 5.74) is 1.26. The predicted octanol–water partition coefficient (Wildman–Crippen LogP) is 2.37. The van der Waals surface area contributed by atoms with E-state index in [0.717, 1.165) is 17.8 Å². The lowest BCUT2D eigenvalue weighted by Crippen LogP contribution is -2.12. The van der Waals surface area contributed by atoms with E-state index in [2.05, 4.69) is 21.0 Å². The van der Waals surface area contributed by atoms with Crippen LogP contribution in [0.25, 0.3) is 0 Å². The van der Waals surface area contributed by atoms with Crippen molar-refractivity contribution in [3.05, 3.63) is 17.8 Å². The maximum Gasteiger partial charge on any atom is 0.229 e. The van der Waals surface area contributed by atoms with Crippen LogP contribution in [0.3, 0.4) is 0 Å². The lowest BCUT2D eigenvalue weighted by atomic mass is 9.97. The normalized spacial score (nSPS) is 15.9. The Morgan fingerprint density at radius 1 is 1.53 bits per heavy atom. The minimum atomic E-state index is 0.0363. The van der Waals surface area contributed by atoms with Crippen LogP contribution in [0.5, 0.6) is 0 Å². The zero-order valence-electron chi connectivity index (χ0n) is 8.40. The predicted molar refractivity (Wildman–Crippen MR) is 59.7 cm³/mol. The Morgan fingerprint density at radius 2 is 2.47 bits per heavy atom. The third-order valence-electron chi connectivity index (χ3n) is 2.40. The first-order valence-electron chi connectivity index (χ1n) is 5.10. The highest BCUT2D eigenvalue weighted by Crippen LogP contribution is 2.20. The molecule has 0 aromatic carbocycles. The van der Waals surface area contributed by atoms with Crippen LogP contribution in [0.1, 0.15) is 32.1 Å². The summed E-state index contributed by atoms with van der Waals surface area (Å²) >= 11 is 1.20. The first-order valence-corrected chi connectivity index (χ1v) is 5.87. The first-order chi connectivity index (χ1) is 7.34. The fraction of sp³-hybridized carbons (Fsp3) is 0.500. The molecule has 1 aliphatic carbocycles. The number of anilines is 1. The number of rotatable bonds is 3. The van der Waals surface area contributed by atoms with Gasteiger partial charge in [-0.15, -0.1) is 5.10 Å². The van der Waals surface area contributed by atoms with Gasteiger partial charge in [0.1, 0.15) is 5.00 Å². The number of nitrogens with one attached hydrogen (secondary N) is 1. The third-order valence-corrected chi connectivity index (χ3v) is 2.98. The highest BCUT2D eigenvalue weighted by atomic mass is 32.1. The largest absolute Gasteiger partial charge is 0.315 e. The molecule has 0 saturated carbocycles. The molecule has 1 heterocycles. The fourth-order valence-electron chi connectivity index (χ4n) is 1.68. The molecule has 80 valence electrons. The van der Waals surface area contributed by atoms with Gasteiger partial charge in [-0.1, -0.05) is 16.1 Å². The quantitative estimate of drug-likeness (QED) is 0.800. The summed E-state index contributed by atoms with van der Waals surface area (Å²) in [6.07, 6.45) is 8.91. The van der Waals surface area contributed by atoms with E-state index in [4.69, 9.17) is 0 Å². The maximum absolute atomic E-state index is 11.6. The number of carbonyl (C=O) groups excluding carboxylic acids is 1. The van der Waals surface area contributed by atoms with Crippen LogP contribution in [0.4, 0.5) is 5.00 Å². The molecule has 0 unspecified atom stereocenters. The summed E-state index contributed by atoms with van der Waals surface area (Å²) < 4.78 is 3.68. The van der Waals surface area contributed by atoms with Crippen LogP contribution in [-0.2, 0) is 4.79 Å². The number of aromatic nitrogens is 2. The Morgan fingerprint density at radius 3 is 3.13 bits per heavy atom. The molecule has 0 saturated heterocycles. The number of amides is 1. The second-order valence-corrected chi connectivity index (χ2v) is 4.40. The fourth-order valence-corrected chi connectivity index (χ4v) is 2.11. The number of hydrogen-bond acceptors (Lipinski definition) is 4. The van der Waals surface area contributed by atoms with Crippen molar-refractivity contribution in [2.45, 2.75) is 32.1 Å². The molecule has 0 bridgehead atoms. The van der Waals surface area contributed by atoms with Gasteiger partial charge in [0.25, 0.3) is 0 Å². The van der Waals surface area contributed by atoms with Crippen LogP contribution >= 0.6 is 11.5 Å². The van der Waals surface area contributed by atoms with E-state index < -0.39 is 0 Å². The molecular formula is C10H13N3OS. The molecule has 0 atom stereocenters. The molecule has 1 amide bonds. The van der Waals surface area contributed by atoms with Crippen molar-refractivity contribution in [3.8, 4) is 0 Å². The van der Waals surface area contributed by atoms with E-state index in [1.165, 1.54) is 29.9 Å². The van der Waals surface area contributed by atoms with Gasteiger partial charge in [0.05, 0.1) is 6.20 Å². The van der Waals surface area contributed by atoms with E-state index in [1.54, 1.807) is 6.20 Å². The van der Waals surface area contributed by atoms with E-state index >= 15 is 0 Å². The molecule has 0 radical (unpaired) electrons. The van der Waals surface area contributed by atoms with Crippen molar-refractivity contribution >= 4 is 22.4 Å². The van der Waals surface area contributed by atoms with Crippen LogP contribution in [0.15, 0.2) is 17.8 Å². The van der Waals surface area contributed by atoms with Crippen molar-refractivity contribution in [1.29, 1.82) is 0 Å². The summed E-state index contributed by atoms with van der Waals surface area (Å²) in [5.74, 6) is 0.0363. The number of nitrogens with zero attached hydrogens (tertiary/aromatic N) is 2. The minimum absolute atomic E-state index is 0.0363. The minimum Gasteiger partial charge on any atom is -0.315 e. The number of allylic oxidation sites excluding steroid dienone is 1. The Balaban J connectivity index is 1.84. The van der Waals surface area contributed by atoms with Crippen LogP contribution in [0.2, 0.25) is 0 Å². The Labute approximate surface area is 92.6 Å². The number of carbonyl (C=O) groups is 1. The van der Waals surface area contributed by atoms with Gasteiger partial charge < -0.3 is 5.32 Å². The number of hydrogen-bond donors (Lipinski definition) is 1. The molecule has 5 heteroatoms. The van der Waals surface area contributed by atoms with Crippen LogP contribution in [0, 0.1) is 0 Å². The lowest BCUT2D eigenvalue weighted by Gasteiger charge is -2.11. The zero-order valence-corrected chi connectivity index (χ0v) is 9.22. The Hall–Kier alpha value is -1.23. The van der Waals surface area contributed by atoms with Crippen molar-refractivity contribution in [1.82, 2.24) is 9.59 Å². The first kappa shape index (κ1) is 10.3. The third kappa shape index (κ3) is 3.13. The standard InChI is InChI=1S/C10H13N3OS/c14-9(12-10-7-11-13-15-10)6-8-4-2-1-3-5-8/h4,7H,1-3,5-6H2,(H,12,14). The second-order valence-electron chi connectivity index (χ2n) is 3.61. The molecule has 0 aliphatic heterocycles. The maximum atomic E-state index is 11.6. The molecule has 2 rings (SSSR count). The summed E-state index contributed by atoms with van der Waals surface area (Å²) in [6, 6.07) is 0. The monoisotopic (exact) mass is 223 g/mol. The van der Waals surface area contributed by atoms with Crippen LogP contribution < -0.4 is 5.32 Å². The molecule has 1 aromatic rings. The molecule has 0 fully saturated rings. The Kier molecular flexibility index (Phi) is 3.45. The topological polar surface area (TPSA) is 54.9 Å². The highest BCUT2D eigenvalue weighted by molar-refractivity contribution is 7.10. The molecule has 0 spiro atoms. The molecule has 1 N–H and O–H groups in total. The van der Waals surface area contributed by atoms with Crippen molar-refractivity contribution in [2.24, 2.45) is 0 Å². The average Bonchev–Trinajstić information content (AvgIpc) is 2.71. The molecule has 15 heavy (non-hydrogen) atoms. The van der Waals surface area contributed by atoms with Gasteiger partial charge in [-0.2, -0.15) is 0 Å². The van der Waals surface area contributed by atoms with Gasteiger partial charge >= 0.3 is 0 Å². The van der Waals surface area contributed by atoms with Crippen LogP contribution in [-0.4, -0.2) is 15.5 Å². The van der Waals surface area contributed by atoms with Gasteiger partial charge in [0.15, 0.2) is 0 Å². The summed E-state index contributed by atoms with van der Waals surface area (Å²) in [5, 5.41) is 7.16. The SMILES string of the molecule is O=C(CC1=CCCCC1)Nc1cnns1. The molecule has 1 aliphatic rings. The van der Waals surface area contributed by atoms with Gasteiger partial charge in [0, 0.05) is 18.0 Å². The van der Waals surface area contributed by atoms with Crippen molar-refractivity contribution in [2.75, 3.05) is 5.32 Å². The second kappa shape index (κ2) is 5.02. The van der Waals surface area contributed by atoms with Gasteiger partial charge in [-0.3, -0.25) is 4.79 Å². The van der Waals surface area contributed by atoms with Crippen molar-refractivity contribution in [3.63, 3.8) is 0 Å². The molecule has 1 aromatic heterocycles. The Bertz CT molecular complexity index is 359. The summed E-state index contributed by atoms with van der Waals surface area (Å²) in [7, 11) is 0. The molecular weight excluding hydrogens is 210 g/mol. The molecule has 4 nitrogen and oxygen atoms in total. The van der Waals surface area contributed by atoms with Crippen molar-refractivity contribution < 1.29 is 4.79 Å². The van der Waals surface area contributed by atoms with Gasteiger partial charge in [0.2, 0.25) is 5.91 Å². The average molecular weight is 223 g/mol. The zero-order chi connectivity index (χ0) is 10.5. The van der Waals surface area contributed by atoms with E-state index in [9.17, 15) is 4.79 Å². The lowest BCUT2D eigenvalue weighted by molar-refractivity contribution is -0.115. The summed E-state index contributed by atoms with van der Waals surface area (Å²) in [4.78, 5) is 11.6. The van der Waals surface area contributed by atoms with E-state index in [-0.39, 0.29) is 5.91 Å². The smallest absolute Gasteiger partial charge is 0.229 e. The highest BCUT2D eigenvalue weighted by Gasteiger charge is 2.09.